The molecular formula is C14H18N2O4. The number of benzene rings is 1. The molecule has 0 spiro atoms. The predicted octanol–water partition coefficient (Wildman–Crippen LogP) is 3.29. The SMILES string of the molecule is CC1(CNc2ccc(C(=O)O)cc2[N+](=O)[O-])CCCC1. The summed E-state index contributed by atoms with van der Waals surface area (Å²) >= 11 is 0. The van der Waals surface area contributed by atoms with Crippen LogP contribution < -0.4 is 5.32 Å². The third-order valence-electron chi connectivity index (χ3n) is 3.96. The molecule has 1 saturated carbocycles. The van der Waals surface area contributed by atoms with Crippen LogP contribution >= 0.6 is 0 Å². The highest BCUT2D eigenvalue weighted by atomic mass is 16.6. The molecule has 0 heterocycles. The van der Waals surface area contributed by atoms with Crippen molar-refractivity contribution in [2.45, 2.75) is 32.6 Å². The standard InChI is InChI=1S/C14H18N2O4/c1-14(6-2-3-7-14)9-15-11-5-4-10(13(17)18)8-12(11)16(19)20/h4-5,8,15H,2-3,6-7,9H2,1H3,(H,17,18). The molecule has 0 bridgehead atoms. The highest BCUT2D eigenvalue weighted by Crippen LogP contribution is 2.38. The van der Waals surface area contributed by atoms with Gasteiger partial charge in [-0.05, 0) is 30.4 Å². The van der Waals surface area contributed by atoms with E-state index in [1.807, 2.05) is 0 Å². The number of nitro groups is 1. The van der Waals surface area contributed by atoms with E-state index in [9.17, 15) is 14.9 Å². The van der Waals surface area contributed by atoms with E-state index in [1.54, 1.807) is 0 Å². The molecule has 108 valence electrons. The van der Waals surface area contributed by atoms with E-state index in [0.717, 1.165) is 18.9 Å². The highest BCUT2D eigenvalue weighted by molar-refractivity contribution is 5.89. The van der Waals surface area contributed by atoms with Crippen molar-refractivity contribution in [1.82, 2.24) is 0 Å². The summed E-state index contributed by atoms with van der Waals surface area (Å²) in [6.45, 7) is 2.84. The minimum atomic E-state index is -1.16. The van der Waals surface area contributed by atoms with Gasteiger partial charge in [-0.1, -0.05) is 19.8 Å². The van der Waals surface area contributed by atoms with Crippen molar-refractivity contribution in [3.8, 4) is 0 Å². The lowest BCUT2D eigenvalue weighted by atomic mass is 9.89. The van der Waals surface area contributed by atoms with Crippen molar-refractivity contribution in [1.29, 1.82) is 0 Å². The van der Waals surface area contributed by atoms with Gasteiger partial charge < -0.3 is 10.4 Å². The first kappa shape index (κ1) is 14.3. The molecule has 1 aromatic rings. The maximum absolute atomic E-state index is 11.0. The lowest BCUT2D eigenvalue weighted by Gasteiger charge is -2.24. The van der Waals surface area contributed by atoms with Crippen LogP contribution in [-0.2, 0) is 0 Å². The first-order valence-electron chi connectivity index (χ1n) is 6.67. The first-order valence-corrected chi connectivity index (χ1v) is 6.67. The molecule has 1 aliphatic carbocycles. The molecule has 0 unspecified atom stereocenters. The predicted molar refractivity (Wildman–Crippen MR) is 75.1 cm³/mol. The lowest BCUT2D eigenvalue weighted by molar-refractivity contribution is -0.384. The van der Waals surface area contributed by atoms with Gasteiger partial charge in [0.2, 0.25) is 0 Å². The summed E-state index contributed by atoms with van der Waals surface area (Å²) in [4.78, 5) is 21.4. The lowest BCUT2D eigenvalue weighted by Crippen LogP contribution is -2.23. The Bertz CT molecular complexity index is 536. The van der Waals surface area contributed by atoms with Crippen molar-refractivity contribution in [3.63, 3.8) is 0 Å². The van der Waals surface area contributed by atoms with E-state index in [2.05, 4.69) is 12.2 Å². The second-order valence-electron chi connectivity index (χ2n) is 5.67. The minimum absolute atomic E-state index is 0.0747. The average molecular weight is 278 g/mol. The Hall–Kier alpha value is -2.11. The number of hydrogen-bond donors (Lipinski definition) is 2. The average Bonchev–Trinajstić information content (AvgIpc) is 2.83. The summed E-state index contributed by atoms with van der Waals surface area (Å²) in [5.74, 6) is -1.16. The van der Waals surface area contributed by atoms with Crippen molar-refractivity contribution in [2.24, 2.45) is 5.41 Å². The monoisotopic (exact) mass is 278 g/mol. The van der Waals surface area contributed by atoms with Crippen LogP contribution in [0.5, 0.6) is 0 Å². The molecule has 20 heavy (non-hydrogen) atoms. The van der Waals surface area contributed by atoms with Gasteiger partial charge in [0.25, 0.3) is 5.69 Å². The molecule has 1 fully saturated rings. The molecular weight excluding hydrogens is 260 g/mol. The van der Waals surface area contributed by atoms with Gasteiger partial charge in [0, 0.05) is 12.6 Å². The van der Waals surface area contributed by atoms with Gasteiger partial charge in [-0.15, -0.1) is 0 Å². The van der Waals surface area contributed by atoms with Crippen LogP contribution in [0, 0.1) is 15.5 Å². The second kappa shape index (κ2) is 5.48. The summed E-state index contributed by atoms with van der Waals surface area (Å²) < 4.78 is 0. The number of carboxylic acid groups (broad SMARTS) is 1. The fourth-order valence-corrected chi connectivity index (χ4v) is 2.68. The van der Waals surface area contributed by atoms with Crippen LogP contribution in [0.25, 0.3) is 0 Å². The Kier molecular flexibility index (Phi) is 3.92. The number of aromatic carboxylic acids is 1. The zero-order valence-corrected chi connectivity index (χ0v) is 11.4. The number of rotatable bonds is 5. The Balaban J connectivity index is 2.18. The van der Waals surface area contributed by atoms with Crippen molar-refractivity contribution < 1.29 is 14.8 Å². The Labute approximate surface area is 117 Å². The molecule has 6 nitrogen and oxygen atoms in total. The zero-order chi connectivity index (χ0) is 14.8. The number of nitrogens with zero attached hydrogens (tertiary/aromatic N) is 1. The van der Waals surface area contributed by atoms with Crippen LogP contribution in [0.4, 0.5) is 11.4 Å². The topological polar surface area (TPSA) is 92.5 Å². The zero-order valence-electron chi connectivity index (χ0n) is 11.4. The van der Waals surface area contributed by atoms with Crippen LogP contribution in [0.15, 0.2) is 18.2 Å². The van der Waals surface area contributed by atoms with Crippen molar-refractivity contribution >= 4 is 17.3 Å². The summed E-state index contributed by atoms with van der Waals surface area (Å²) in [7, 11) is 0. The summed E-state index contributed by atoms with van der Waals surface area (Å²) in [5, 5.41) is 23.0. The van der Waals surface area contributed by atoms with Gasteiger partial charge >= 0.3 is 5.97 Å². The Morgan fingerprint density at radius 1 is 1.45 bits per heavy atom. The maximum Gasteiger partial charge on any atom is 0.335 e. The smallest absolute Gasteiger partial charge is 0.335 e. The molecule has 0 saturated heterocycles. The molecule has 0 atom stereocenters. The van der Waals surface area contributed by atoms with E-state index in [4.69, 9.17) is 5.11 Å². The summed E-state index contributed by atoms with van der Waals surface area (Å²) in [6.07, 6.45) is 4.61. The number of carbonyl (C=O) groups is 1. The number of hydrogen-bond acceptors (Lipinski definition) is 4. The second-order valence-corrected chi connectivity index (χ2v) is 5.67. The quantitative estimate of drug-likeness (QED) is 0.637. The van der Waals surface area contributed by atoms with Crippen LogP contribution in [-0.4, -0.2) is 22.5 Å². The third-order valence-corrected chi connectivity index (χ3v) is 3.96. The van der Waals surface area contributed by atoms with Crippen molar-refractivity contribution in [3.05, 3.63) is 33.9 Å². The number of nitro benzene ring substituents is 1. The van der Waals surface area contributed by atoms with E-state index in [1.165, 1.54) is 25.0 Å². The van der Waals surface area contributed by atoms with Gasteiger partial charge in [-0.3, -0.25) is 10.1 Å². The van der Waals surface area contributed by atoms with Crippen LogP contribution in [0.2, 0.25) is 0 Å². The molecule has 6 heteroatoms. The van der Waals surface area contributed by atoms with Gasteiger partial charge in [0.1, 0.15) is 5.69 Å². The van der Waals surface area contributed by atoms with E-state index in [0.29, 0.717) is 12.2 Å². The highest BCUT2D eigenvalue weighted by Gasteiger charge is 2.29. The van der Waals surface area contributed by atoms with Crippen LogP contribution in [0.3, 0.4) is 0 Å². The van der Waals surface area contributed by atoms with Gasteiger partial charge in [0.15, 0.2) is 0 Å². The Morgan fingerprint density at radius 2 is 2.10 bits per heavy atom. The maximum atomic E-state index is 11.0. The van der Waals surface area contributed by atoms with Crippen LogP contribution in [0.1, 0.15) is 43.0 Å². The molecule has 2 N–H and O–H groups in total. The van der Waals surface area contributed by atoms with Gasteiger partial charge in [-0.2, -0.15) is 0 Å². The van der Waals surface area contributed by atoms with E-state index < -0.39 is 10.9 Å². The molecule has 2 rings (SSSR count). The summed E-state index contributed by atoms with van der Waals surface area (Å²) in [6, 6.07) is 3.95. The van der Waals surface area contributed by atoms with Crippen molar-refractivity contribution in [2.75, 3.05) is 11.9 Å². The normalized spacial score (nSPS) is 16.9. The molecule has 1 aliphatic rings. The molecule has 0 amide bonds. The van der Waals surface area contributed by atoms with Gasteiger partial charge in [0.05, 0.1) is 10.5 Å². The van der Waals surface area contributed by atoms with E-state index in [-0.39, 0.29) is 16.7 Å². The fourth-order valence-electron chi connectivity index (χ4n) is 2.68. The fraction of sp³-hybridized carbons (Fsp3) is 0.500. The Morgan fingerprint density at radius 3 is 2.65 bits per heavy atom. The number of nitrogens with one attached hydrogen (secondary N) is 1. The largest absolute Gasteiger partial charge is 0.478 e. The molecule has 0 aliphatic heterocycles. The van der Waals surface area contributed by atoms with E-state index >= 15 is 0 Å². The summed E-state index contributed by atoms with van der Waals surface area (Å²) in [5.41, 5.74) is 0.285. The minimum Gasteiger partial charge on any atom is -0.478 e. The molecule has 0 aromatic heterocycles. The third kappa shape index (κ3) is 3.07. The number of carboxylic acids is 1. The van der Waals surface area contributed by atoms with Gasteiger partial charge in [-0.25, -0.2) is 4.79 Å². The molecule has 0 radical (unpaired) electrons. The number of anilines is 1. The first-order chi connectivity index (χ1) is 9.41. The molecule has 1 aromatic carbocycles.